The topological polar surface area (TPSA) is 85.2 Å². The second-order valence-corrected chi connectivity index (χ2v) is 7.40. The molecule has 0 fully saturated rings. The third-order valence-corrected chi connectivity index (χ3v) is 5.10. The van der Waals surface area contributed by atoms with Crippen molar-refractivity contribution < 1.29 is 29.2 Å². The van der Waals surface area contributed by atoms with Crippen LogP contribution in [0.3, 0.4) is 0 Å². The Morgan fingerprint density at radius 1 is 0.848 bits per heavy atom. The average Bonchev–Trinajstić information content (AvgIpc) is 2.83. The number of ketones is 1. The van der Waals surface area contributed by atoms with Crippen LogP contribution in [-0.2, 0) is 0 Å². The standard InChI is InChI=1S/C26H23ClO6/c1-31-24-13-18(14-25(32-2)26(24)33-3)17(12-16-4-7-19(27)8-5-16)6-10-22(29)21-15-20(28)9-11-23(21)30/h4-15,28,30H,1-3H3/b10-6+,17-12+. The second kappa shape index (κ2) is 10.6. The van der Waals surface area contributed by atoms with E-state index in [1.165, 1.54) is 45.6 Å². The van der Waals surface area contributed by atoms with Gasteiger partial charge in [0.05, 0.1) is 26.9 Å². The Balaban J connectivity index is 2.11. The van der Waals surface area contributed by atoms with Crippen LogP contribution in [0, 0.1) is 0 Å². The molecule has 0 saturated carbocycles. The first-order valence-corrected chi connectivity index (χ1v) is 10.3. The molecule has 0 saturated heterocycles. The summed E-state index contributed by atoms with van der Waals surface area (Å²) in [6, 6.07) is 14.5. The van der Waals surface area contributed by atoms with Gasteiger partial charge in [-0.05, 0) is 71.3 Å². The van der Waals surface area contributed by atoms with Gasteiger partial charge in [0, 0.05) is 5.02 Å². The number of allylic oxidation sites excluding steroid dienone is 3. The van der Waals surface area contributed by atoms with Crippen LogP contribution in [0.1, 0.15) is 21.5 Å². The van der Waals surface area contributed by atoms with Crippen molar-refractivity contribution in [3.8, 4) is 28.7 Å². The number of halogens is 1. The average molecular weight is 467 g/mol. The molecule has 0 aliphatic heterocycles. The number of phenols is 2. The minimum Gasteiger partial charge on any atom is -0.508 e. The predicted octanol–water partition coefficient (Wildman–Crippen LogP) is 5.76. The smallest absolute Gasteiger partial charge is 0.203 e. The summed E-state index contributed by atoms with van der Waals surface area (Å²) in [4.78, 5) is 12.7. The van der Waals surface area contributed by atoms with Crippen molar-refractivity contribution in [1.29, 1.82) is 0 Å². The highest BCUT2D eigenvalue weighted by Crippen LogP contribution is 2.40. The van der Waals surface area contributed by atoms with Gasteiger partial charge in [-0.1, -0.05) is 29.8 Å². The number of carbonyl (C=O) groups is 1. The largest absolute Gasteiger partial charge is 0.508 e. The molecule has 0 heterocycles. The normalized spacial score (nSPS) is 11.5. The first kappa shape index (κ1) is 23.8. The Kier molecular flexibility index (Phi) is 7.64. The van der Waals surface area contributed by atoms with E-state index in [9.17, 15) is 15.0 Å². The summed E-state index contributed by atoms with van der Waals surface area (Å²) in [5, 5.41) is 20.3. The van der Waals surface area contributed by atoms with Gasteiger partial charge >= 0.3 is 0 Å². The monoisotopic (exact) mass is 466 g/mol. The van der Waals surface area contributed by atoms with E-state index in [1.807, 2.05) is 18.2 Å². The zero-order valence-electron chi connectivity index (χ0n) is 18.3. The molecule has 0 spiro atoms. The fourth-order valence-electron chi connectivity index (χ4n) is 3.19. The minimum atomic E-state index is -0.474. The maximum absolute atomic E-state index is 12.7. The molecular weight excluding hydrogens is 444 g/mol. The summed E-state index contributed by atoms with van der Waals surface area (Å²) >= 11 is 6.01. The van der Waals surface area contributed by atoms with Crippen molar-refractivity contribution in [2.75, 3.05) is 21.3 Å². The molecule has 0 aromatic heterocycles. The van der Waals surface area contributed by atoms with E-state index in [4.69, 9.17) is 25.8 Å². The Morgan fingerprint density at radius 3 is 2.06 bits per heavy atom. The Hall–Kier alpha value is -3.90. The zero-order valence-corrected chi connectivity index (χ0v) is 19.1. The van der Waals surface area contributed by atoms with Crippen LogP contribution >= 0.6 is 11.6 Å². The molecule has 7 heteroatoms. The van der Waals surface area contributed by atoms with Crippen molar-refractivity contribution in [2.45, 2.75) is 0 Å². The van der Waals surface area contributed by atoms with Crippen LogP contribution in [0.25, 0.3) is 11.6 Å². The van der Waals surface area contributed by atoms with Crippen molar-refractivity contribution in [3.05, 3.63) is 88.5 Å². The van der Waals surface area contributed by atoms with Gasteiger partial charge in [-0.25, -0.2) is 0 Å². The van der Waals surface area contributed by atoms with E-state index in [-0.39, 0.29) is 17.1 Å². The van der Waals surface area contributed by atoms with Gasteiger partial charge in [-0.3, -0.25) is 4.79 Å². The van der Waals surface area contributed by atoms with E-state index in [0.29, 0.717) is 33.4 Å². The molecule has 0 radical (unpaired) electrons. The SMILES string of the molecule is COc1cc(C(/C=C/C(=O)c2cc(O)ccc2O)=C/c2ccc(Cl)cc2)cc(OC)c1OC. The predicted molar refractivity (Wildman–Crippen MR) is 129 cm³/mol. The molecule has 0 atom stereocenters. The molecule has 33 heavy (non-hydrogen) atoms. The summed E-state index contributed by atoms with van der Waals surface area (Å²) in [5.74, 6) is 0.542. The lowest BCUT2D eigenvalue weighted by Gasteiger charge is -2.15. The first-order valence-electron chi connectivity index (χ1n) is 9.88. The number of rotatable bonds is 8. The van der Waals surface area contributed by atoms with E-state index in [1.54, 1.807) is 30.3 Å². The third kappa shape index (κ3) is 5.67. The summed E-state index contributed by atoms with van der Waals surface area (Å²) in [6.45, 7) is 0. The van der Waals surface area contributed by atoms with E-state index in [2.05, 4.69) is 0 Å². The van der Waals surface area contributed by atoms with Gasteiger partial charge in [-0.2, -0.15) is 0 Å². The van der Waals surface area contributed by atoms with Crippen LogP contribution < -0.4 is 14.2 Å². The maximum Gasteiger partial charge on any atom is 0.203 e. The Labute approximate surface area is 196 Å². The van der Waals surface area contributed by atoms with E-state index >= 15 is 0 Å². The van der Waals surface area contributed by atoms with Gasteiger partial charge in [0.2, 0.25) is 5.75 Å². The highest BCUT2D eigenvalue weighted by atomic mass is 35.5. The molecule has 0 unspecified atom stereocenters. The number of aromatic hydroxyl groups is 2. The molecule has 6 nitrogen and oxygen atoms in total. The highest BCUT2D eigenvalue weighted by molar-refractivity contribution is 6.30. The molecule has 3 rings (SSSR count). The summed E-state index contributed by atoms with van der Waals surface area (Å²) in [7, 11) is 4.56. The van der Waals surface area contributed by atoms with Crippen molar-refractivity contribution >= 4 is 29.0 Å². The molecule has 170 valence electrons. The minimum absolute atomic E-state index is 0.0121. The van der Waals surface area contributed by atoms with E-state index in [0.717, 1.165) is 5.56 Å². The van der Waals surface area contributed by atoms with Crippen LogP contribution in [0.15, 0.2) is 66.7 Å². The van der Waals surface area contributed by atoms with Gasteiger partial charge in [0.1, 0.15) is 11.5 Å². The number of methoxy groups -OCH3 is 3. The quantitative estimate of drug-likeness (QED) is 0.144. The lowest BCUT2D eigenvalue weighted by atomic mass is 9.99. The fourth-order valence-corrected chi connectivity index (χ4v) is 3.32. The number of hydrogen-bond acceptors (Lipinski definition) is 6. The Bertz CT molecular complexity index is 1190. The van der Waals surface area contributed by atoms with E-state index < -0.39 is 5.78 Å². The van der Waals surface area contributed by atoms with Crippen LogP contribution in [0.2, 0.25) is 5.02 Å². The number of hydrogen-bond donors (Lipinski definition) is 2. The maximum atomic E-state index is 12.7. The highest BCUT2D eigenvalue weighted by Gasteiger charge is 2.15. The number of carbonyl (C=O) groups excluding carboxylic acids is 1. The number of ether oxygens (including phenoxy) is 3. The fraction of sp³-hybridized carbons (Fsp3) is 0.115. The Morgan fingerprint density at radius 2 is 1.48 bits per heavy atom. The third-order valence-electron chi connectivity index (χ3n) is 4.85. The van der Waals surface area contributed by atoms with Gasteiger partial charge in [0.25, 0.3) is 0 Å². The van der Waals surface area contributed by atoms with Gasteiger partial charge in [0.15, 0.2) is 17.3 Å². The second-order valence-electron chi connectivity index (χ2n) is 6.96. The lowest BCUT2D eigenvalue weighted by molar-refractivity contribution is 0.104. The van der Waals surface area contributed by atoms with Crippen LogP contribution in [0.5, 0.6) is 28.7 Å². The molecule has 0 aliphatic carbocycles. The molecule has 0 bridgehead atoms. The van der Waals surface area contributed by atoms with Crippen molar-refractivity contribution in [1.82, 2.24) is 0 Å². The summed E-state index contributed by atoms with van der Waals surface area (Å²) in [5.41, 5.74) is 2.19. The molecule has 0 amide bonds. The van der Waals surface area contributed by atoms with Crippen molar-refractivity contribution in [3.63, 3.8) is 0 Å². The van der Waals surface area contributed by atoms with Crippen molar-refractivity contribution in [2.24, 2.45) is 0 Å². The number of phenolic OH excluding ortho intramolecular Hbond substituents is 2. The van der Waals surface area contributed by atoms with Crippen LogP contribution in [-0.4, -0.2) is 37.3 Å². The number of benzene rings is 3. The first-order chi connectivity index (χ1) is 15.9. The molecule has 0 aliphatic rings. The molecule has 2 N–H and O–H groups in total. The zero-order chi connectivity index (χ0) is 24.0. The van der Waals surface area contributed by atoms with Crippen LogP contribution in [0.4, 0.5) is 0 Å². The van der Waals surface area contributed by atoms with Gasteiger partial charge in [-0.15, -0.1) is 0 Å². The molecular formula is C26H23ClO6. The molecule has 3 aromatic rings. The summed E-state index contributed by atoms with van der Waals surface area (Å²) in [6.07, 6.45) is 4.80. The summed E-state index contributed by atoms with van der Waals surface area (Å²) < 4.78 is 16.3. The van der Waals surface area contributed by atoms with Gasteiger partial charge < -0.3 is 24.4 Å². The molecule has 3 aromatic carbocycles. The lowest BCUT2D eigenvalue weighted by Crippen LogP contribution is -1.97.